The molecule has 0 atom stereocenters. The number of carbonyl (C=O) groups is 1. The Morgan fingerprint density at radius 2 is 1.93 bits per heavy atom. The van der Waals surface area contributed by atoms with Gasteiger partial charge in [0.25, 0.3) is 0 Å². The van der Waals surface area contributed by atoms with Crippen molar-refractivity contribution in [2.45, 2.75) is 37.1 Å². The predicted octanol–water partition coefficient (Wildman–Crippen LogP) is 4.43. The monoisotopic (exact) mass is 410 g/mol. The normalized spacial score (nSPS) is 17.8. The van der Waals surface area contributed by atoms with Crippen LogP contribution >= 0.6 is 11.8 Å². The highest BCUT2D eigenvalue weighted by molar-refractivity contribution is 7.99. The Kier molecular flexibility index (Phi) is 6.78. The van der Waals surface area contributed by atoms with Gasteiger partial charge in [0.1, 0.15) is 5.75 Å². The predicted molar refractivity (Wildman–Crippen MR) is 118 cm³/mol. The summed E-state index contributed by atoms with van der Waals surface area (Å²) in [7, 11) is 1.68. The summed E-state index contributed by atoms with van der Waals surface area (Å²) in [6.07, 6.45) is 4.26. The van der Waals surface area contributed by atoms with E-state index in [4.69, 9.17) is 4.74 Å². The smallest absolute Gasteiger partial charge is 0.224 e. The van der Waals surface area contributed by atoms with Crippen molar-refractivity contribution in [1.82, 2.24) is 9.80 Å². The molecule has 4 nitrogen and oxygen atoms in total. The van der Waals surface area contributed by atoms with Crippen LogP contribution in [-0.2, 0) is 17.8 Å². The maximum absolute atomic E-state index is 12.8. The van der Waals surface area contributed by atoms with Crippen LogP contribution in [0.2, 0.25) is 0 Å². The second kappa shape index (κ2) is 9.68. The lowest BCUT2D eigenvalue weighted by molar-refractivity contribution is -0.131. The van der Waals surface area contributed by atoms with Crippen molar-refractivity contribution in [3.05, 3.63) is 59.7 Å². The van der Waals surface area contributed by atoms with Crippen molar-refractivity contribution < 1.29 is 9.53 Å². The van der Waals surface area contributed by atoms with Crippen molar-refractivity contribution in [1.29, 1.82) is 0 Å². The van der Waals surface area contributed by atoms with E-state index in [9.17, 15) is 4.79 Å². The largest absolute Gasteiger partial charge is 0.497 e. The summed E-state index contributed by atoms with van der Waals surface area (Å²) in [6.45, 7) is 3.79. The molecule has 0 aromatic heterocycles. The topological polar surface area (TPSA) is 32.8 Å². The highest BCUT2D eigenvalue weighted by Gasteiger charge is 2.24. The van der Waals surface area contributed by atoms with E-state index >= 15 is 0 Å². The zero-order chi connectivity index (χ0) is 20.1. The molecule has 1 saturated heterocycles. The quantitative estimate of drug-likeness (QED) is 0.705. The standard InChI is InChI=1S/C24H30N2O2S/c1-28-22-7-8-23-21(16-22)17-26(18-29-23)24(27)11-14-25-12-9-20(10-13-25)15-19-5-3-2-4-6-19/h2-8,16,20H,9-15,17-18H2,1H3. The van der Waals surface area contributed by atoms with Crippen molar-refractivity contribution >= 4 is 17.7 Å². The SMILES string of the molecule is COc1ccc2c(c1)CN(C(=O)CCN1CCC(Cc3ccccc3)CC1)CS2. The molecular formula is C24H30N2O2S. The molecule has 0 saturated carbocycles. The van der Waals surface area contributed by atoms with Crippen LogP contribution < -0.4 is 4.74 Å². The second-order valence-electron chi connectivity index (χ2n) is 8.06. The van der Waals surface area contributed by atoms with Gasteiger partial charge in [-0.2, -0.15) is 0 Å². The number of nitrogens with zero attached hydrogens (tertiary/aromatic N) is 2. The van der Waals surface area contributed by atoms with E-state index in [0.29, 0.717) is 13.0 Å². The van der Waals surface area contributed by atoms with E-state index in [1.54, 1.807) is 18.9 Å². The van der Waals surface area contributed by atoms with Gasteiger partial charge in [0, 0.05) is 24.4 Å². The Labute approximate surface area is 178 Å². The Balaban J connectivity index is 1.21. The van der Waals surface area contributed by atoms with E-state index in [1.165, 1.54) is 35.3 Å². The van der Waals surface area contributed by atoms with Crippen LogP contribution in [0.3, 0.4) is 0 Å². The molecule has 0 bridgehead atoms. The average molecular weight is 411 g/mol. The number of carbonyl (C=O) groups excluding carboxylic acids is 1. The molecule has 2 heterocycles. The molecule has 2 aliphatic rings. The minimum absolute atomic E-state index is 0.261. The molecule has 1 fully saturated rings. The first-order valence-corrected chi connectivity index (χ1v) is 11.5. The minimum Gasteiger partial charge on any atom is -0.497 e. The van der Waals surface area contributed by atoms with Crippen LogP contribution in [0, 0.1) is 5.92 Å². The van der Waals surface area contributed by atoms with Crippen molar-refractivity contribution in [2.24, 2.45) is 5.92 Å². The summed E-state index contributed by atoms with van der Waals surface area (Å²) >= 11 is 1.74. The van der Waals surface area contributed by atoms with Gasteiger partial charge < -0.3 is 14.5 Å². The molecule has 0 aliphatic carbocycles. The Morgan fingerprint density at radius 3 is 2.69 bits per heavy atom. The first-order valence-electron chi connectivity index (χ1n) is 10.5. The summed E-state index contributed by atoms with van der Waals surface area (Å²) in [6, 6.07) is 16.9. The van der Waals surface area contributed by atoms with Crippen LogP contribution in [0.1, 0.15) is 30.4 Å². The zero-order valence-corrected chi connectivity index (χ0v) is 18.0. The Bertz CT molecular complexity index is 819. The Morgan fingerprint density at radius 1 is 1.14 bits per heavy atom. The van der Waals surface area contributed by atoms with Gasteiger partial charge in [-0.05, 0) is 67.6 Å². The fourth-order valence-electron chi connectivity index (χ4n) is 4.28. The highest BCUT2D eigenvalue weighted by Crippen LogP contribution is 2.33. The number of rotatable bonds is 6. The third-order valence-electron chi connectivity index (χ3n) is 6.07. The van der Waals surface area contributed by atoms with E-state index in [-0.39, 0.29) is 5.91 Å². The van der Waals surface area contributed by atoms with Gasteiger partial charge in [-0.3, -0.25) is 4.79 Å². The van der Waals surface area contributed by atoms with E-state index in [2.05, 4.69) is 47.4 Å². The first kappa shape index (κ1) is 20.3. The number of piperidine rings is 1. The van der Waals surface area contributed by atoms with E-state index in [1.807, 2.05) is 11.0 Å². The number of thioether (sulfide) groups is 1. The van der Waals surface area contributed by atoms with Gasteiger partial charge >= 0.3 is 0 Å². The zero-order valence-electron chi connectivity index (χ0n) is 17.2. The molecule has 2 aromatic rings. The van der Waals surface area contributed by atoms with E-state index in [0.717, 1.165) is 37.2 Å². The maximum Gasteiger partial charge on any atom is 0.224 e. The van der Waals surface area contributed by atoms with Crippen LogP contribution in [0.15, 0.2) is 53.4 Å². The minimum atomic E-state index is 0.261. The fourth-order valence-corrected chi connectivity index (χ4v) is 5.28. The molecule has 154 valence electrons. The number of likely N-dealkylation sites (tertiary alicyclic amines) is 1. The van der Waals surface area contributed by atoms with Gasteiger partial charge in [0.15, 0.2) is 0 Å². The molecule has 0 radical (unpaired) electrons. The lowest BCUT2D eigenvalue weighted by atomic mass is 9.90. The van der Waals surface area contributed by atoms with Gasteiger partial charge in [-0.25, -0.2) is 0 Å². The number of benzene rings is 2. The molecule has 4 rings (SSSR count). The molecule has 0 unspecified atom stereocenters. The first-order chi connectivity index (χ1) is 14.2. The number of methoxy groups -OCH3 is 1. The molecule has 29 heavy (non-hydrogen) atoms. The average Bonchev–Trinajstić information content (AvgIpc) is 2.78. The molecule has 5 heteroatoms. The third-order valence-corrected chi connectivity index (χ3v) is 7.22. The fraction of sp³-hybridized carbons (Fsp3) is 0.458. The van der Waals surface area contributed by atoms with Crippen molar-refractivity contribution in [3.8, 4) is 5.75 Å². The summed E-state index contributed by atoms with van der Waals surface area (Å²) in [4.78, 5) is 18.5. The van der Waals surface area contributed by atoms with Gasteiger partial charge in [0.2, 0.25) is 5.91 Å². The maximum atomic E-state index is 12.8. The number of amides is 1. The lowest BCUT2D eigenvalue weighted by Gasteiger charge is -2.33. The van der Waals surface area contributed by atoms with Crippen molar-refractivity contribution in [2.75, 3.05) is 32.6 Å². The molecule has 0 N–H and O–H groups in total. The number of fused-ring (bicyclic) bond motifs is 1. The second-order valence-corrected chi connectivity index (χ2v) is 9.05. The Hall–Kier alpha value is -1.98. The van der Waals surface area contributed by atoms with Crippen LogP contribution in [0.4, 0.5) is 0 Å². The number of ether oxygens (including phenoxy) is 1. The van der Waals surface area contributed by atoms with Crippen LogP contribution in [0.5, 0.6) is 5.75 Å². The summed E-state index contributed by atoms with van der Waals surface area (Å²) < 4.78 is 5.33. The third kappa shape index (κ3) is 5.34. The van der Waals surface area contributed by atoms with Gasteiger partial charge in [-0.1, -0.05) is 30.3 Å². The van der Waals surface area contributed by atoms with E-state index < -0.39 is 0 Å². The van der Waals surface area contributed by atoms with Crippen LogP contribution in [-0.4, -0.2) is 48.3 Å². The van der Waals surface area contributed by atoms with Crippen molar-refractivity contribution in [3.63, 3.8) is 0 Å². The molecule has 2 aliphatic heterocycles. The number of hydrogen-bond acceptors (Lipinski definition) is 4. The molecular weight excluding hydrogens is 380 g/mol. The van der Waals surface area contributed by atoms with Crippen LogP contribution in [0.25, 0.3) is 0 Å². The molecule has 2 aromatic carbocycles. The summed E-state index contributed by atoms with van der Waals surface area (Å²) in [5.74, 6) is 2.64. The number of hydrogen-bond donors (Lipinski definition) is 0. The highest BCUT2D eigenvalue weighted by atomic mass is 32.2. The summed E-state index contributed by atoms with van der Waals surface area (Å²) in [5.41, 5.74) is 2.64. The van der Waals surface area contributed by atoms with Gasteiger partial charge in [0.05, 0.1) is 13.0 Å². The lowest BCUT2D eigenvalue weighted by Crippen LogP contribution is -2.39. The molecule has 1 amide bonds. The summed E-state index contributed by atoms with van der Waals surface area (Å²) in [5, 5.41) is 0. The van der Waals surface area contributed by atoms with Gasteiger partial charge in [-0.15, -0.1) is 11.8 Å². The molecule has 0 spiro atoms.